The summed E-state index contributed by atoms with van der Waals surface area (Å²) >= 11 is 0. The zero-order valence-electron chi connectivity index (χ0n) is 10.4. The number of carboxylic acid groups (broad SMARTS) is 1. The van der Waals surface area contributed by atoms with Crippen molar-refractivity contribution in [3.63, 3.8) is 0 Å². The number of halogens is 3. The highest BCUT2D eigenvalue weighted by molar-refractivity contribution is 5.88. The number of carbonyl (C=O) groups is 1. The van der Waals surface area contributed by atoms with Gasteiger partial charge in [0.05, 0.1) is 11.1 Å². The van der Waals surface area contributed by atoms with E-state index in [9.17, 15) is 18.0 Å². The Bertz CT molecular complexity index is 499. The van der Waals surface area contributed by atoms with E-state index < -0.39 is 17.7 Å². The molecular weight excluding hydrogens is 259 g/mol. The molecule has 1 unspecified atom stereocenters. The van der Waals surface area contributed by atoms with Crippen LogP contribution >= 0.6 is 0 Å². The molecule has 1 saturated heterocycles. The Balaban J connectivity index is 2.45. The van der Waals surface area contributed by atoms with Gasteiger partial charge in [-0.05, 0) is 30.5 Å². The SMILES string of the molecule is CC1CCN(c2ccc(C(=O)O)cc2C(F)(F)F)C1. The molecule has 19 heavy (non-hydrogen) atoms. The van der Waals surface area contributed by atoms with Crippen molar-refractivity contribution >= 4 is 11.7 Å². The number of anilines is 1. The van der Waals surface area contributed by atoms with Gasteiger partial charge in [0.2, 0.25) is 0 Å². The smallest absolute Gasteiger partial charge is 0.418 e. The van der Waals surface area contributed by atoms with E-state index in [1.807, 2.05) is 6.92 Å². The molecule has 0 amide bonds. The number of rotatable bonds is 2. The Morgan fingerprint density at radius 2 is 2.11 bits per heavy atom. The number of hydrogen-bond donors (Lipinski definition) is 1. The minimum atomic E-state index is -4.55. The van der Waals surface area contributed by atoms with Crippen molar-refractivity contribution in [3.8, 4) is 0 Å². The van der Waals surface area contributed by atoms with Gasteiger partial charge in [-0.2, -0.15) is 13.2 Å². The molecule has 0 bridgehead atoms. The molecule has 3 nitrogen and oxygen atoms in total. The number of benzene rings is 1. The Morgan fingerprint density at radius 1 is 1.42 bits per heavy atom. The summed E-state index contributed by atoms with van der Waals surface area (Å²) in [5, 5.41) is 8.79. The third-order valence-electron chi connectivity index (χ3n) is 3.31. The van der Waals surface area contributed by atoms with Crippen molar-refractivity contribution in [2.24, 2.45) is 5.92 Å². The quantitative estimate of drug-likeness (QED) is 0.899. The highest BCUT2D eigenvalue weighted by Gasteiger charge is 2.36. The summed E-state index contributed by atoms with van der Waals surface area (Å²) in [5.41, 5.74) is -1.15. The normalized spacial score (nSPS) is 19.8. The van der Waals surface area contributed by atoms with E-state index in [4.69, 9.17) is 5.11 Å². The zero-order chi connectivity index (χ0) is 14.2. The van der Waals surface area contributed by atoms with E-state index >= 15 is 0 Å². The summed E-state index contributed by atoms with van der Waals surface area (Å²) in [7, 11) is 0. The van der Waals surface area contributed by atoms with Gasteiger partial charge in [0.25, 0.3) is 0 Å². The predicted octanol–water partition coefficient (Wildman–Crippen LogP) is 3.25. The maximum Gasteiger partial charge on any atom is 0.418 e. The second kappa shape index (κ2) is 4.75. The number of aromatic carboxylic acids is 1. The van der Waals surface area contributed by atoms with Crippen LogP contribution < -0.4 is 4.90 Å². The van der Waals surface area contributed by atoms with Crippen LogP contribution in [0.2, 0.25) is 0 Å². The lowest BCUT2D eigenvalue weighted by Crippen LogP contribution is -2.23. The summed E-state index contributed by atoms with van der Waals surface area (Å²) in [5.74, 6) is -1.01. The maximum absolute atomic E-state index is 13.0. The fraction of sp³-hybridized carbons (Fsp3) is 0.462. The van der Waals surface area contributed by atoms with Crippen LogP contribution in [0, 0.1) is 5.92 Å². The summed E-state index contributed by atoms with van der Waals surface area (Å²) < 4.78 is 39.1. The van der Waals surface area contributed by atoms with E-state index in [2.05, 4.69) is 0 Å². The first-order valence-corrected chi connectivity index (χ1v) is 5.98. The van der Waals surface area contributed by atoms with Crippen molar-refractivity contribution in [2.75, 3.05) is 18.0 Å². The zero-order valence-corrected chi connectivity index (χ0v) is 10.4. The maximum atomic E-state index is 13.0. The van der Waals surface area contributed by atoms with Crippen LogP contribution in [0.1, 0.15) is 29.3 Å². The molecule has 0 aromatic heterocycles. The van der Waals surface area contributed by atoms with Gasteiger partial charge < -0.3 is 10.0 Å². The lowest BCUT2D eigenvalue weighted by molar-refractivity contribution is -0.137. The van der Waals surface area contributed by atoms with Crippen LogP contribution in [0.3, 0.4) is 0 Å². The molecule has 1 aromatic carbocycles. The molecule has 0 aliphatic carbocycles. The van der Waals surface area contributed by atoms with Crippen molar-refractivity contribution in [1.82, 2.24) is 0 Å². The molecule has 2 rings (SSSR count). The fourth-order valence-corrected chi connectivity index (χ4v) is 2.33. The van der Waals surface area contributed by atoms with Gasteiger partial charge in [-0.15, -0.1) is 0 Å². The monoisotopic (exact) mass is 273 g/mol. The van der Waals surface area contributed by atoms with Crippen LogP contribution in [-0.4, -0.2) is 24.2 Å². The fourth-order valence-electron chi connectivity index (χ4n) is 2.33. The van der Waals surface area contributed by atoms with Crippen LogP contribution in [0.5, 0.6) is 0 Å². The van der Waals surface area contributed by atoms with Gasteiger partial charge >= 0.3 is 12.1 Å². The number of alkyl halides is 3. The van der Waals surface area contributed by atoms with Gasteiger partial charge in [-0.1, -0.05) is 6.92 Å². The predicted molar refractivity (Wildman–Crippen MR) is 64.4 cm³/mol. The summed E-state index contributed by atoms with van der Waals surface area (Å²) in [4.78, 5) is 12.4. The molecule has 1 fully saturated rings. The highest BCUT2D eigenvalue weighted by atomic mass is 19.4. The standard InChI is InChI=1S/C13H14F3NO2/c1-8-4-5-17(7-8)11-3-2-9(12(18)19)6-10(11)13(14,15)16/h2-3,6,8H,4-5,7H2,1H3,(H,18,19). The van der Waals surface area contributed by atoms with E-state index in [1.165, 1.54) is 12.1 Å². The van der Waals surface area contributed by atoms with Crippen molar-refractivity contribution in [3.05, 3.63) is 29.3 Å². The van der Waals surface area contributed by atoms with E-state index in [0.717, 1.165) is 6.42 Å². The van der Waals surface area contributed by atoms with E-state index in [1.54, 1.807) is 4.90 Å². The van der Waals surface area contributed by atoms with Crippen molar-refractivity contribution < 1.29 is 23.1 Å². The van der Waals surface area contributed by atoms with Crippen molar-refractivity contribution in [2.45, 2.75) is 19.5 Å². The van der Waals surface area contributed by atoms with E-state index in [0.29, 0.717) is 25.1 Å². The molecule has 1 heterocycles. The molecule has 1 aliphatic rings. The average Bonchev–Trinajstić information content (AvgIpc) is 2.73. The van der Waals surface area contributed by atoms with Gasteiger partial charge in [0.15, 0.2) is 0 Å². The van der Waals surface area contributed by atoms with Crippen LogP contribution in [0.15, 0.2) is 18.2 Å². The lowest BCUT2D eigenvalue weighted by atomic mass is 10.1. The average molecular weight is 273 g/mol. The Labute approximate surface area is 108 Å². The largest absolute Gasteiger partial charge is 0.478 e. The molecule has 1 aromatic rings. The first-order valence-electron chi connectivity index (χ1n) is 5.98. The van der Waals surface area contributed by atoms with E-state index in [-0.39, 0.29) is 11.3 Å². The van der Waals surface area contributed by atoms with Crippen LogP contribution in [-0.2, 0) is 6.18 Å². The summed E-state index contributed by atoms with van der Waals surface area (Å²) in [6, 6.07) is 3.18. The topological polar surface area (TPSA) is 40.5 Å². The van der Waals surface area contributed by atoms with Gasteiger partial charge in [0, 0.05) is 18.8 Å². The molecule has 1 aliphatic heterocycles. The van der Waals surface area contributed by atoms with Gasteiger partial charge in [-0.3, -0.25) is 0 Å². The third kappa shape index (κ3) is 2.83. The highest BCUT2D eigenvalue weighted by Crippen LogP contribution is 2.38. The molecule has 1 atom stereocenters. The number of nitrogens with zero attached hydrogens (tertiary/aromatic N) is 1. The molecule has 0 radical (unpaired) electrons. The van der Waals surface area contributed by atoms with Crippen LogP contribution in [0.25, 0.3) is 0 Å². The molecule has 0 saturated carbocycles. The summed E-state index contributed by atoms with van der Waals surface area (Å²) in [6.07, 6.45) is -3.70. The minimum absolute atomic E-state index is 0.0712. The second-order valence-corrected chi connectivity index (χ2v) is 4.87. The third-order valence-corrected chi connectivity index (χ3v) is 3.31. The van der Waals surface area contributed by atoms with Crippen LogP contribution in [0.4, 0.5) is 18.9 Å². The molecule has 104 valence electrons. The van der Waals surface area contributed by atoms with Crippen molar-refractivity contribution in [1.29, 1.82) is 0 Å². The lowest BCUT2D eigenvalue weighted by Gasteiger charge is -2.23. The summed E-state index contributed by atoms with van der Waals surface area (Å²) in [6.45, 7) is 3.12. The molecule has 0 spiro atoms. The molecule has 6 heteroatoms. The minimum Gasteiger partial charge on any atom is -0.478 e. The first-order chi connectivity index (χ1) is 8.79. The first kappa shape index (κ1) is 13.7. The molecule has 1 N–H and O–H groups in total. The number of carboxylic acids is 1. The number of hydrogen-bond acceptors (Lipinski definition) is 2. The Kier molecular flexibility index (Phi) is 3.43. The Morgan fingerprint density at radius 3 is 2.58 bits per heavy atom. The second-order valence-electron chi connectivity index (χ2n) is 4.87. The Hall–Kier alpha value is -1.72. The van der Waals surface area contributed by atoms with Gasteiger partial charge in [0.1, 0.15) is 0 Å². The van der Waals surface area contributed by atoms with Gasteiger partial charge in [-0.25, -0.2) is 4.79 Å². The molecular formula is C13H14F3NO2.